The maximum Gasteiger partial charge on any atom is 0.435 e. The Kier molecular flexibility index (Phi) is 7.60. The number of ether oxygens (including phenoxy) is 2. The van der Waals surface area contributed by atoms with Gasteiger partial charge >= 0.3 is 12.1 Å². The lowest BCUT2D eigenvalue weighted by molar-refractivity contribution is -0.137. The quantitative estimate of drug-likeness (QED) is 0.469. The molecule has 0 bridgehead atoms. The molecule has 0 unspecified atom stereocenters. The van der Waals surface area contributed by atoms with Crippen molar-refractivity contribution in [3.63, 3.8) is 0 Å². The zero-order valence-electron chi connectivity index (χ0n) is 20.2. The van der Waals surface area contributed by atoms with Gasteiger partial charge in [0.1, 0.15) is 23.4 Å². The minimum Gasteiger partial charge on any atom is -0.494 e. The van der Waals surface area contributed by atoms with Gasteiger partial charge < -0.3 is 19.5 Å². The first-order chi connectivity index (χ1) is 17.6. The van der Waals surface area contributed by atoms with Gasteiger partial charge in [0.25, 0.3) is 0 Å². The summed E-state index contributed by atoms with van der Waals surface area (Å²) in [5.74, 6) is -0.457. The first-order valence-corrected chi connectivity index (χ1v) is 11.9. The van der Waals surface area contributed by atoms with Crippen LogP contribution in [-0.4, -0.2) is 54.8 Å². The Bertz CT molecular complexity index is 1180. The fourth-order valence-electron chi connectivity index (χ4n) is 4.47. The lowest BCUT2D eigenvalue weighted by Gasteiger charge is -2.34. The van der Waals surface area contributed by atoms with Crippen LogP contribution < -0.4 is 19.4 Å². The van der Waals surface area contributed by atoms with E-state index in [2.05, 4.69) is 11.7 Å². The maximum absolute atomic E-state index is 14.4. The van der Waals surface area contributed by atoms with Crippen LogP contribution in [0.3, 0.4) is 0 Å². The van der Waals surface area contributed by atoms with Crippen LogP contribution in [-0.2, 0) is 4.79 Å². The molecule has 7 nitrogen and oxygen atoms in total. The van der Waals surface area contributed by atoms with E-state index in [-0.39, 0.29) is 17.5 Å². The van der Waals surface area contributed by atoms with Gasteiger partial charge in [0.2, 0.25) is 0 Å². The number of aliphatic carboxylic acids is 1. The van der Waals surface area contributed by atoms with E-state index in [1.54, 1.807) is 24.3 Å². The fraction of sp³-hybridized carbons (Fsp3) is 0.385. The molecule has 4 rings (SSSR count). The van der Waals surface area contributed by atoms with Crippen molar-refractivity contribution in [3.05, 3.63) is 60.4 Å². The lowest BCUT2D eigenvalue weighted by atomic mass is 10.0. The Hall–Kier alpha value is -3.76. The molecule has 11 heteroatoms. The summed E-state index contributed by atoms with van der Waals surface area (Å²) in [5.41, 5.74) is -0.798. The molecule has 2 heterocycles. The predicted octanol–water partition coefficient (Wildman–Crippen LogP) is 5.41. The minimum atomic E-state index is -4.74. The van der Waals surface area contributed by atoms with Crippen molar-refractivity contribution in [1.82, 2.24) is 0 Å². The molecule has 0 radical (unpaired) electrons. The van der Waals surface area contributed by atoms with E-state index in [1.807, 2.05) is 11.8 Å². The summed E-state index contributed by atoms with van der Waals surface area (Å²) in [6.45, 7) is 6.95. The molecule has 2 aromatic rings. The Labute approximate surface area is 211 Å². The highest BCUT2D eigenvalue weighted by Gasteiger charge is 2.46. The molecule has 2 aliphatic heterocycles. The van der Waals surface area contributed by atoms with Gasteiger partial charge in [-0.3, -0.25) is 9.80 Å². The van der Waals surface area contributed by atoms with Crippen molar-refractivity contribution in [2.75, 3.05) is 29.6 Å². The Balaban J connectivity index is 1.40. The van der Waals surface area contributed by atoms with Crippen LogP contribution in [0.25, 0.3) is 0 Å². The van der Waals surface area contributed by atoms with Crippen molar-refractivity contribution >= 4 is 23.1 Å². The van der Waals surface area contributed by atoms with E-state index in [4.69, 9.17) is 14.6 Å². The minimum absolute atomic E-state index is 0.124. The summed E-state index contributed by atoms with van der Waals surface area (Å²) in [4.78, 5) is 13.2. The van der Waals surface area contributed by atoms with Gasteiger partial charge in [-0.2, -0.15) is 18.3 Å². The van der Waals surface area contributed by atoms with Gasteiger partial charge in [-0.25, -0.2) is 4.39 Å². The van der Waals surface area contributed by atoms with E-state index in [0.29, 0.717) is 55.4 Å². The molecule has 1 N–H and O–H groups in total. The smallest absolute Gasteiger partial charge is 0.435 e. The van der Waals surface area contributed by atoms with Crippen LogP contribution in [0.15, 0.2) is 59.7 Å². The number of alkyl halides is 3. The zero-order chi connectivity index (χ0) is 26.7. The summed E-state index contributed by atoms with van der Waals surface area (Å²) >= 11 is 0. The lowest BCUT2D eigenvalue weighted by Crippen LogP contribution is -2.38. The number of hydrazone groups is 1. The normalized spacial score (nSPS) is 18.7. The standard InChI is InChI=1S/C26H27F4N3O4/c1-3-36-20-8-9-21(27)23(14-20)32-12-10-19(11-13-32)37-18-6-4-17(5-7-18)33-22(15-24(34)35)16(2)25(31-33)26(28,29)30/h4-9,14,19,22H,2-3,10-13,15H2,1H3,(H,34,35)/t22-/m0/s1. The number of carbonyl (C=O) groups is 1. The molecular weight excluding hydrogens is 494 g/mol. The highest BCUT2D eigenvalue weighted by atomic mass is 19.4. The maximum atomic E-state index is 14.4. The van der Waals surface area contributed by atoms with Crippen molar-refractivity contribution in [2.45, 2.75) is 44.5 Å². The van der Waals surface area contributed by atoms with E-state index < -0.39 is 30.3 Å². The molecule has 1 atom stereocenters. The van der Waals surface area contributed by atoms with Gasteiger partial charge in [-0.05, 0) is 43.3 Å². The van der Waals surface area contributed by atoms with Gasteiger partial charge in [-0.1, -0.05) is 6.58 Å². The topological polar surface area (TPSA) is 74.6 Å². The number of anilines is 2. The number of hydrogen-bond donors (Lipinski definition) is 1. The molecule has 37 heavy (non-hydrogen) atoms. The van der Waals surface area contributed by atoms with Crippen LogP contribution in [0.1, 0.15) is 26.2 Å². The number of carboxylic acid groups (broad SMARTS) is 1. The molecule has 2 aromatic carbocycles. The summed E-state index contributed by atoms with van der Waals surface area (Å²) in [5, 5.41) is 13.8. The van der Waals surface area contributed by atoms with Gasteiger partial charge in [0, 0.05) is 37.6 Å². The highest BCUT2D eigenvalue weighted by molar-refractivity contribution is 6.08. The number of nitrogens with zero attached hydrogens (tertiary/aromatic N) is 3. The molecule has 0 saturated carbocycles. The summed E-state index contributed by atoms with van der Waals surface area (Å²) in [6.07, 6.45) is -4.15. The van der Waals surface area contributed by atoms with Crippen molar-refractivity contribution in [2.24, 2.45) is 5.10 Å². The van der Waals surface area contributed by atoms with Crippen molar-refractivity contribution < 1.29 is 36.9 Å². The molecule has 1 fully saturated rings. The van der Waals surface area contributed by atoms with Crippen LogP contribution in [0, 0.1) is 5.82 Å². The first kappa shape index (κ1) is 26.3. The van der Waals surface area contributed by atoms with E-state index in [1.165, 1.54) is 18.2 Å². The van der Waals surface area contributed by atoms with E-state index in [9.17, 15) is 22.4 Å². The second kappa shape index (κ2) is 10.7. The van der Waals surface area contributed by atoms with E-state index >= 15 is 0 Å². The number of piperidine rings is 1. The molecule has 1 saturated heterocycles. The molecule has 2 aliphatic rings. The van der Waals surface area contributed by atoms with Gasteiger partial charge in [-0.15, -0.1) is 0 Å². The van der Waals surface area contributed by atoms with Crippen LogP contribution in [0.4, 0.5) is 28.9 Å². The predicted molar refractivity (Wildman–Crippen MR) is 131 cm³/mol. The summed E-state index contributed by atoms with van der Waals surface area (Å²) in [7, 11) is 0. The third-order valence-corrected chi connectivity index (χ3v) is 6.26. The third-order valence-electron chi connectivity index (χ3n) is 6.26. The Morgan fingerprint density at radius 1 is 1.14 bits per heavy atom. The van der Waals surface area contributed by atoms with Crippen molar-refractivity contribution in [3.8, 4) is 11.5 Å². The summed E-state index contributed by atoms with van der Waals surface area (Å²) in [6, 6.07) is 9.81. The largest absolute Gasteiger partial charge is 0.494 e. The van der Waals surface area contributed by atoms with Gasteiger partial charge in [0.15, 0.2) is 5.71 Å². The second-order valence-electron chi connectivity index (χ2n) is 8.77. The SMILES string of the molecule is C=C1C(C(F)(F)F)=NN(c2ccc(OC3CCN(c4cc(OCC)ccc4F)CC3)cc2)[C@H]1CC(=O)O. The first-order valence-electron chi connectivity index (χ1n) is 11.9. The molecule has 0 spiro atoms. The molecular formula is C26H27F4N3O4. The van der Waals surface area contributed by atoms with E-state index in [0.717, 1.165) is 5.01 Å². The van der Waals surface area contributed by atoms with Crippen molar-refractivity contribution in [1.29, 1.82) is 0 Å². The molecule has 0 aromatic heterocycles. The Morgan fingerprint density at radius 3 is 2.38 bits per heavy atom. The summed E-state index contributed by atoms with van der Waals surface area (Å²) < 4.78 is 65.9. The fourth-order valence-corrected chi connectivity index (χ4v) is 4.47. The number of halogens is 4. The average Bonchev–Trinajstić information content (AvgIpc) is 3.17. The average molecular weight is 522 g/mol. The molecule has 198 valence electrons. The zero-order valence-corrected chi connectivity index (χ0v) is 20.2. The second-order valence-corrected chi connectivity index (χ2v) is 8.77. The number of hydrogen-bond acceptors (Lipinski definition) is 6. The molecule has 0 amide bonds. The van der Waals surface area contributed by atoms with Crippen LogP contribution >= 0.6 is 0 Å². The number of rotatable bonds is 8. The monoisotopic (exact) mass is 521 g/mol. The van der Waals surface area contributed by atoms with Gasteiger partial charge in [0.05, 0.1) is 30.4 Å². The third kappa shape index (κ3) is 5.98. The highest BCUT2D eigenvalue weighted by Crippen LogP contribution is 2.36. The number of carboxylic acids is 1. The Morgan fingerprint density at radius 2 is 1.78 bits per heavy atom. The van der Waals surface area contributed by atoms with Crippen LogP contribution in [0.2, 0.25) is 0 Å². The van der Waals surface area contributed by atoms with Crippen LogP contribution in [0.5, 0.6) is 11.5 Å². The number of benzene rings is 2. The molecule has 0 aliphatic carbocycles.